The standard InChI is InChI=1S/C20H23N5O2/c1-2-19-23-17-4-3-14(13-18(17)24-19)22-20(26)25-11-7-16(8-12-25)27-15-5-9-21-10-6-15/h3-6,9-10,13,16H,2,7-8,11-12H2,1H3,(H,22,26)(H,23,24). The molecule has 7 nitrogen and oxygen atoms in total. The second kappa shape index (κ2) is 7.65. The highest BCUT2D eigenvalue weighted by Gasteiger charge is 2.24. The summed E-state index contributed by atoms with van der Waals surface area (Å²) < 4.78 is 5.95. The number of aromatic amines is 1. The van der Waals surface area contributed by atoms with Gasteiger partial charge in [-0.2, -0.15) is 0 Å². The Morgan fingerprint density at radius 1 is 1.26 bits per heavy atom. The zero-order valence-electron chi connectivity index (χ0n) is 15.3. The van der Waals surface area contributed by atoms with E-state index in [1.807, 2.05) is 35.2 Å². The minimum absolute atomic E-state index is 0.0769. The van der Waals surface area contributed by atoms with Crippen LogP contribution in [0, 0.1) is 0 Å². The number of urea groups is 1. The number of nitrogens with one attached hydrogen (secondary N) is 2. The number of likely N-dealkylation sites (tertiary alicyclic amines) is 1. The summed E-state index contributed by atoms with van der Waals surface area (Å²) in [6.45, 7) is 3.41. The highest BCUT2D eigenvalue weighted by atomic mass is 16.5. The van der Waals surface area contributed by atoms with Gasteiger partial charge in [-0.15, -0.1) is 0 Å². The summed E-state index contributed by atoms with van der Waals surface area (Å²) in [4.78, 5) is 26.2. The first-order chi connectivity index (χ1) is 13.2. The molecule has 1 saturated heterocycles. The van der Waals surface area contributed by atoms with Crippen LogP contribution in [0.5, 0.6) is 5.75 Å². The van der Waals surface area contributed by atoms with Crippen LogP contribution < -0.4 is 10.1 Å². The Labute approximate surface area is 157 Å². The fourth-order valence-corrected chi connectivity index (χ4v) is 3.30. The van der Waals surface area contributed by atoms with E-state index in [2.05, 4.69) is 27.2 Å². The molecule has 4 rings (SSSR count). The van der Waals surface area contributed by atoms with Crippen LogP contribution in [0.25, 0.3) is 11.0 Å². The molecule has 1 fully saturated rings. The Hall–Kier alpha value is -3.09. The third-order valence-corrected chi connectivity index (χ3v) is 4.80. The van der Waals surface area contributed by atoms with Crippen molar-refractivity contribution in [3.63, 3.8) is 0 Å². The largest absolute Gasteiger partial charge is 0.490 e. The molecule has 3 aromatic rings. The third kappa shape index (κ3) is 4.02. The van der Waals surface area contributed by atoms with Gasteiger partial charge in [0.15, 0.2) is 0 Å². The third-order valence-electron chi connectivity index (χ3n) is 4.80. The summed E-state index contributed by atoms with van der Waals surface area (Å²) in [5, 5.41) is 2.99. The van der Waals surface area contributed by atoms with Crippen LogP contribution in [-0.2, 0) is 6.42 Å². The molecule has 0 spiro atoms. The van der Waals surface area contributed by atoms with Crippen molar-refractivity contribution in [2.24, 2.45) is 0 Å². The van der Waals surface area contributed by atoms with E-state index in [1.165, 1.54) is 0 Å². The minimum atomic E-state index is -0.0769. The van der Waals surface area contributed by atoms with Gasteiger partial charge < -0.3 is 19.9 Å². The van der Waals surface area contributed by atoms with Crippen molar-refractivity contribution in [3.8, 4) is 5.75 Å². The second-order valence-electron chi connectivity index (χ2n) is 6.69. The quantitative estimate of drug-likeness (QED) is 0.740. The monoisotopic (exact) mass is 365 g/mol. The molecule has 0 atom stereocenters. The van der Waals surface area contributed by atoms with Crippen molar-refractivity contribution < 1.29 is 9.53 Å². The number of fused-ring (bicyclic) bond motifs is 1. The Morgan fingerprint density at radius 3 is 2.78 bits per heavy atom. The maximum Gasteiger partial charge on any atom is 0.321 e. The summed E-state index contributed by atoms with van der Waals surface area (Å²) in [5.74, 6) is 1.77. The molecule has 0 bridgehead atoms. The number of nitrogens with zero attached hydrogens (tertiary/aromatic N) is 3. The summed E-state index contributed by atoms with van der Waals surface area (Å²) in [7, 11) is 0. The molecule has 27 heavy (non-hydrogen) atoms. The number of amides is 2. The predicted molar refractivity (Wildman–Crippen MR) is 104 cm³/mol. The summed E-state index contributed by atoms with van der Waals surface area (Å²) >= 11 is 0. The molecule has 1 aliphatic heterocycles. The van der Waals surface area contributed by atoms with Gasteiger partial charge in [0.1, 0.15) is 17.7 Å². The summed E-state index contributed by atoms with van der Waals surface area (Å²) in [6.07, 6.45) is 6.05. The van der Waals surface area contributed by atoms with Crippen molar-refractivity contribution in [1.82, 2.24) is 19.9 Å². The van der Waals surface area contributed by atoms with E-state index < -0.39 is 0 Å². The number of H-pyrrole nitrogens is 1. The van der Waals surface area contributed by atoms with Crippen LogP contribution in [0.4, 0.5) is 10.5 Å². The van der Waals surface area contributed by atoms with Gasteiger partial charge in [0.2, 0.25) is 0 Å². The van der Waals surface area contributed by atoms with Crippen LogP contribution in [0.2, 0.25) is 0 Å². The predicted octanol–water partition coefficient (Wildman–Crippen LogP) is 3.60. The Kier molecular flexibility index (Phi) is 4.91. The molecule has 1 aromatic carbocycles. The number of carbonyl (C=O) groups is 1. The van der Waals surface area contributed by atoms with Crippen LogP contribution in [-0.4, -0.2) is 45.1 Å². The smallest absolute Gasteiger partial charge is 0.321 e. The number of anilines is 1. The van der Waals surface area contributed by atoms with E-state index in [1.54, 1.807) is 12.4 Å². The Balaban J connectivity index is 1.33. The molecule has 0 unspecified atom stereocenters. The lowest BCUT2D eigenvalue weighted by Crippen LogP contribution is -2.43. The van der Waals surface area contributed by atoms with Crippen molar-refractivity contribution in [2.45, 2.75) is 32.3 Å². The lowest BCUT2D eigenvalue weighted by atomic mass is 10.1. The zero-order chi connectivity index (χ0) is 18.6. The number of hydrogen-bond acceptors (Lipinski definition) is 4. The number of ether oxygens (including phenoxy) is 1. The normalized spacial score (nSPS) is 15.1. The molecule has 7 heteroatoms. The van der Waals surface area contributed by atoms with Gasteiger partial charge in [0, 0.05) is 50.4 Å². The number of pyridine rings is 1. The molecule has 1 aliphatic rings. The number of carbonyl (C=O) groups excluding carboxylic acids is 1. The lowest BCUT2D eigenvalue weighted by Gasteiger charge is -2.32. The van der Waals surface area contributed by atoms with E-state index in [0.29, 0.717) is 13.1 Å². The SMILES string of the molecule is CCc1nc2ccc(NC(=O)N3CCC(Oc4ccncc4)CC3)cc2[nH]1. The Bertz CT molecular complexity index is 917. The molecule has 0 saturated carbocycles. The number of piperidine rings is 1. The summed E-state index contributed by atoms with van der Waals surface area (Å²) in [6, 6.07) is 9.38. The maximum atomic E-state index is 12.6. The second-order valence-corrected chi connectivity index (χ2v) is 6.69. The van der Waals surface area contributed by atoms with E-state index in [-0.39, 0.29) is 12.1 Å². The van der Waals surface area contributed by atoms with Crippen LogP contribution in [0.3, 0.4) is 0 Å². The van der Waals surface area contributed by atoms with Crippen LogP contribution >= 0.6 is 0 Å². The summed E-state index contributed by atoms with van der Waals surface area (Å²) in [5.41, 5.74) is 2.63. The molecular weight excluding hydrogens is 342 g/mol. The number of hydrogen-bond donors (Lipinski definition) is 2. The number of rotatable bonds is 4. The van der Waals surface area contributed by atoms with E-state index in [0.717, 1.165) is 47.6 Å². The van der Waals surface area contributed by atoms with Gasteiger partial charge in [0.05, 0.1) is 11.0 Å². The average molecular weight is 365 g/mol. The first-order valence-electron chi connectivity index (χ1n) is 9.32. The first-order valence-corrected chi connectivity index (χ1v) is 9.32. The average Bonchev–Trinajstić information content (AvgIpc) is 3.12. The molecule has 140 valence electrons. The van der Waals surface area contributed by atoms with Crippen LogP contribution in [0.15, 0.2) is 42.7 Å². The molecular formula is C20H23N5O2. The fraction of sp³-hybridized carbons (Fsp3) is 0.350. The fourth-order valence-electron chi connectivity index (χ4n) is 3.30. The molecule has 0 aliphatic carbocycles. The van der Waals surface area contributed by atoms with Gasteiger partial charge in [-0.3, -0.25) is 4.98 Å². The number of imidazole rings is 1. The van der Waals surface area contributed by atoms with E-state index >= 15 is 0 Å². The maximum absolute atomic E-state index is 12.6. The molecule has 3 heterocycles. The first kappa shape index (κ1) is 17.3. The zero-order valence-corrected chi connectivity index (χ0v) is 15.3. The van der Waals surface area contributed by atoms with Gasteiger partial charge in [-0.25, -0.2) is 9.78 Å². The lowest BCUT2D eigenvalue weighted by molar-refractivity contribution is 0.115. The Morgan fingerprint density at radius 2 is 2.04 bits per heavy atom. The highest BCUT2D eigenvalue weighted by Crippen LogP contribution is 2.21. The van der Waals surface area contributed by atoms with Crippen molar-refractivity contribution in [2.75, 3.05) is 18.4 Å². The van der Waals surface area contributed by atoms with Crippen molar-refractivity contribution >= 4 is 22.8 Å². The van der Waals surface area contributed by atoms with Crippen molar-refractivity contribution in [3.05, 3.63) is 48.5 Å². The highest BCUT2D eigenvalue weighted by molar-refractivity contribution is 5.92. The topological polar surface area (TPSA) is 83.1 Å². The van der Waals surface area contributed by atoms with E-state index in [4.69, 9.17) is 4.74 Å². The van der Waals surface area contributed by atoms with Crippen molar-refractivity contribution in [1.29, 1.82) is 0 Å². The van der Waals surface area contributed by atoms with Crippen LogP contribution in [0.1, 0.15) is 25.6 Å². The number of aromatic nitrogens is 3. The number of benzene rings is 1. The minimum Gasteiger partial charge on any atom is -0.490 e. The molecule has 0 radical (unpaired) electrons. The molecule has 2 aromatic heterocycles. The van der Waals surface area contributed by atoms with Gasteiger partial charge >= 0.3 is 6.03 Å². The number of aryl methyl sites for hydroxylation is 1. The van der Waals surface area contributed by atoms with Gasteiger partial charge in [-0.1, -0.05) is 6.92 Å². The molecule has 2 amide bonds. The van der Waals surface area contributed by atoms with Gasteiger partial charge in [0.25, 0.3) is 0 Å². The van der Waals surface area contributed by atoms with E-state index in [9.17, 15) is 4.79 Å². The van der Waals surface area contributed by atoms with Gasteiger partial charge in [-0.05, 0) is 30.3 Å². The molecule has 2 N–H and O–H groups in total.